The minimum Gasteiger partial charge on any atom is -0.497 e. The number of hydrogen-bond donors (Lipinski definition) is 0. The van der Waals surface area contributed by atoms with Crippen LogP contribution in [0.15, 0.2) is 64.8 Å². The van der Waals surface area contributed by atoms with E-state index in [1.165, 1.54) is 0 Å². The van der Waals surface area contributed by atoms with Crippen LogP contribution in [-0.4, -0.2) is 50.9 Å². The smallest absolute Gasteiger partial charge is 0.336 e. The van der Waals surface area contributed by atoms with E-state index < -0.39 is 35.6 Å². The van der Waals surface area contributed by atoms with Gasteiger partial charge in [-0.3, -0.25) is 14.6 Å². The van der Waals surface area contributed by atoms with Crippen LogP contribution in [0.25, 0.3) is 0 Å². The van der Waals surface area contributed by atoms with E-state index in [1.807, 2.05) is 30.3 Å². The maximum Gasteiger partial charge on any atom is 0.336 e. The average molecular weight is 520 g/mol. The number of ether oxygens (including phenoxy) is 4. The summed E-state index contributed by atoms with van der Waals surface area (Å²) in [6.45, 7) is 5.51. The molecule has 0 saturated heterocycles. The van der Waals surface area contributed by atoms with Crippen molar-refractivity contribution in [2.24, 2.45) is 16.8 Å². The third-order valence-electron chi connectivity index (χ3n) is 7.18. The van der Waals surface area contributed by atoms with Gasteiger partial charge in [-0.05, 0) is 56.5 Å². The van der Waals surface area contributed by atoms with Gasteiger partial charge in [0.15, 0.2) is 5.78 Å². The second kappa shape index (κ2) is 11.6. The van der Waals surface area contributed by atoms with E-state index in [9.17, 15) is 14.4 Å². The molecule has 0 aromatic heterocycles. The van der Waals surface area contributed by atoms with Crippen molar-refractivity contribution in [1.29, 1.82) is 0 Å². The molecule has 1 aliphatic carbocycles. The fourth-order valence-electron chi connectivity index (χ4n) is 5.62. The summed E-state index contributed by atoms with van der Waals surface area (Å²) in [5, 5.41) is 0. The van der Waals surface area contributed by atoms with Gasteiger partial charge >= 0.3 is 11.9 Å². The molecule has 1 heterocycles. The van der Waals surface area contributed by atoms with Crippen LogP contribution in [0.4, 0.5) is 0 Å². The Labute approximate surface area is 222 Å². The molecule has 1 unspecified atom stereocenters. The number of carbonyl (C=O) groups excluding carboxylic acids is 3. The number of benzene rings is 2. The lowest BCUT2D eigenvalue weighted by Crippen LogP contribution is -2.48. The summed E-state index contributed by atoms with van der Waals surface area (Å²) < 4.78 is 21.8. The Kier molecular flexibility index (Phi) is 8.29. The Balaban J connectivity index is 1.92. The number of para-hydroxylation sites is 1. The molecular formula is C30H33NO7. The Hall–Kier alpha value is -3.94. The molecule has 4 rings (SSSR count). The zero-order valence-electron chi connectivity index (χ0n) is 22.4. The highest BCUT2D eigenvalue weighted by atomic mass is 16.5. The number of ketones is 1. The highest BCUT2D eigenvalue weighted by Crippen LogP contribution is 2.49. The van der Waals surface area contributed by atoms with Crippen molar-refractivity contribution in [3.8, 4) is 11.5 Å². The fraction of sp³-hybridized carbons (Fsp3) is 0.400. The van der Waals surface area contributed by atoms with Crippen LogP contribution in [0, 0.1) is 11.8 Å². The molecule has 2 aromatic rings. The molecule has 200 valence electrons. The van der Waals surface area contributed by atoms with E-state index in [1.54, 1.807) is 53.2 Å². The van der Waals surface area contributed by atoms with Gasteiger partial charge < -0.3 is 18.9 Å². The third kappa shape index (κ3) is 4.95. The second-order valence-electron chi connectivity index (χ2n) is 9.24. The van der Waals surface area contributed by atoms with Gasteiger partial charge in [0.2, 0.25) is 0 Å². The number of carbonyl (C=O) groups is 3. The molecule has 8 nitrogen and oxygen atoms in total. The highest BCUT2D eigenvalue weighted by Gasteiger charge is 2.53. The van der Waals surface area contributed by atoms with Gasteiger partial charge in [0.05, 0.1) is 38.9 Å². The summed E-state index contributed by atoms with van der Waals surface area (Å²) in [6, 6.07) is 14.6. The van der Waals surface area contributed by atoms with Crippen molar-refractivity contribution in [3.05, 3.63) is 70.9 Å². The van der Waals surface area contributed by atoms with E-state index in [0.717, 1.165) is 5.56 Å². The number of methoxy groups -OCH3 is 2. The first-order valence-corrected chi connectivity index (χ1v) is 12.8. The van der Waals surface area contributed by atoms with Crippen molar-refractivity contribution < 1.29 is 33.3 Å². The van der Waals surface area contributed by atoms with E-state index in [4.69, 9.17) is 23.9 Å². The van der Waals surface area contributed by atoms with E-state index >= 15 is 0 Å². The molecule has 1 saturated carbocycles. The largest absolute Gasteiger partial charge is 0.497 e. The minimum atomic E-state index is -1.09. The van der Waals surface area contributed by atoms with Crippen LogP contribution >= 0.6 is 0 Å². The molecular weight excluding hydrogens is 486 g/mol. The zero-order chi connectivity index (χ0) is 27.4. The monoisotopic (exact) mass is 519 g/mol. The lowest BCUT2D eigenvalue weighted by Gasteiger charge is -2.41. The summed E-state index contributed by atoms with van der Waals surface area (Å²) in [6.07, 6.45) is 0.328. The zero-order valence-corrected chi connectivity index (χ0v) is 22.4. The molecule has 4 atom stereocenters. The summed E-state index contributed by atoms with van der Waals surface area (Å²) >= 11 is 0. The Morgan fingerprint density at radius 2 is 1.68 bits per heavy atom. The number of hydrogen-bond acceptors (Lipinski definition) is 8. The average Bonchev–Trinajstić information content (AvgIpc) is 2.92. The Morgan fingerprint density at radius 3 is 2.37 bits per heavy atom. The van der Waals surface area contributed by atoms with Crippen LogP contribution in [-0.2, 0) is 23.9 Å². The predicted octanol–water partition coefficient (Wildman–Crippen LogP) is 4.63. The maximum absolute atomic E-state index is 14.4. The summed E-state index contributed by atoms with van der Waals surface area (Å²) in [5.41, 5.74) is 2.85. The quantitative estimate of drug-likeness (QED) is 0.370. The van der Waals surface area contributed by atoms with Crippen LogP contribution < -0.4 is 9.47 Å². The van der Waals surface area contributed by atoms with Gasteiger partial charge in [0.1, 0.15) is 17.4 Å². The third-order valence-corrected chi connectivity index (χ3v) is 7.18. The number of rotatable bonds is 8. The number of nitrogens with zero attached hydrogens (tertiary/aromatic N) is 1. The number of allylic oxidation sites excluding steroid dienone is 1. The Bertz CT molecular complexity index is 1300. The topological polar surface area (TPSA) is 100 Å². The van der Waals surface area contributed by atoms with E-state index in [2.05, 4.69) is 0 Å². The van der Waals surface area contributed by atoms with Crippen LogP contribution in [0.5, 0.6) is 11.5 Å². The van der Waals surface area contributed by atoms with Gasteiger partial charge in [-0.2, -0.15) is 0 Å². The van der Waals surface area contributed by atoms with Crippen molar-refractivity contribution in [2.45, 2.75) is 39.0 Å². The molecule has 8 heteroatoms. The fourth-order valence-corrected chi connectivity index (χ4v) is 5.62. The Morgan fingerprint density at radius 1 is 0.947 bits per heavy atom. The first-order chi connectivity index (χ1) is 18.4. The lowest BCUT2D eigenvalue weighted by molar-refractivity contribution is -0.153. The molecule has 0 bridgehead atoms. The number of esters is 2. The molecule has 2 aromatic carbocycles. The van der Waals surface area contributed by atoms with Crippen LogP contribution in [0.2, 0.25) is 0 Å². The molecule has 1 aliphatic heterocycles. The molecule has 2 aliphatic rings. The molecule has 38 heavy (non-hydrogen) atoms. The normalized spacial score (nSPS) is 22.8. The summed E-state index contributed by atoms with van der Waals surface area (Å²) in [5.74, 6) is -3.46. The second-order valence-corrected chi connectivity index (χ2v) is 9.24. The van der Waals surface area contributed by atoms with Gasteiger partial charge in [0, 0.05) is 23.2 Å². The van der Waals surface area contributed by atoms with Gasteiger partial charge in [-0.15, -0.1) is 0 Å². The minimum absolute atomic E-state index is 0.138. The van der Waals surface area contributed by atoms with E-state index in [0.29, 0.717) is 40.5 Å². The number of Topliss-reactive ketones (excluding diaryl/α,β-unsaturated/α-hetero) is 1. The maximum atomic E-state index is 14.4. The van der Waals surface area contributed by atoms with Crippen molar-refractivity contribution in [2.75, 3.05) is 27.4 Å². The van der Waals surface area contributed by atoms with Crippen molar-refractivity contribution >= 4 is 23.4 Å². The molecule has 0 spiro atoms. The van der Waals surface area contributed by atoms with E-state index in [-0.39, 0.29) is 19.0 Å². The molecule has 0 N–H and O–H groups in total. The van der Waals surface area contributed by atoms with Gasteiger partial charge in [0.25, 0.3) is 0 Å². The predicted molar refractivity (Wildman–Crippen MR) is 141 cm³/mol. The standard InChI is InChI=1S/C30H33NO7/c1-6-37-29(33)24-17(3)31-22-16-21(20-13-8-9-14-23(20)36-5)26(30(34)38-7-2)28(32)27(22)25(24)18-11-10-12-19(15-18)35-4/h8-15,21,25-27H,6-7,16H2,1-5H3/t21-,25-,26-,27?/m1/s1. The molecule has 1 fully saturated rings. The summed E-state index contributed by atoms with van der Waals surface area (Å²) in [4.78, 5) is 45.7. The van der Waals surface area contributed by atoms with Crippen LogP contribution in [0.1, 0.15) is 50.2 Å². The SMILES string of the molecule is CCOC(=O)C1=C(C)N=C2C[C@H](c3ccccc3OC)[C@@H](C(=O)OCC)C(=O)C2[C@@H]1c1cccc(OC)c1. The first-order valence-electron chi connectivity index (χ1n) is 12.8. The van der Waals surface area contributed by atoms with Gasteiger partial charge in [-0.25, -0.2) is 4.79 Å². The molecule has 0 amide bonds. The van der Waals surface area contributed by atoms with Crippen molar-refractivity contribution in [3.63, 3.8) is 0 Å². The first kappa shape index (κ1) is 27.1. The number of aliphatic imine (C=N–C) groups is 1. The van der Waals surface area contributed by atoms with Crippen molar-refractivity contribution in [1.82, 2.24) is 0 Å². The highest BCUT2D eigenvalue weighted by molar-refractivity contribution is 6.18. The van der Waals surface area contributed by atoms with Crippen LogP contribution in [0.3, 0.4) is 0 Å². The summed E-state index contributed by atoms with van der Waals surface area (Å²) in [7, 11) is 3.11. The number of fused-ring (bicyclic) bond motifs is 1. The van der Waals surface area contributed by atoms with Gasteiger partial charge in [-0.1, -0.05) is 30.3 Å². The molecule has 0 radical (unpaired) electrons. The lowest BCUT2D eigenvalue weighted by atomic mass is 9.62.